The molecule has 2 atom stereocenters. The summed E-state index contributed by atoms with van der Waals surface area (Å²) >= 11 is 6.12. The number of hydrogen-bond acceptors (Lipinski definition) is 4. The lowest BCUT2D eigenvalue weighted by Crippen LogP contribution is -2.31. The summed E-state index contributed by atoms with van der Waals surface area (Å²) in [5.41, 5.74) is 0. The molecular formula is C14H22ClN3O. The number of alkyl halides is 1. The van der Waals surface area contributed by atoms with E-state index >= 15 is 0 Å². The fraction of sp³-hybridized carbons (Fsp3) is 0.714. The monoisotopic (exact) mass is 283 g/mol. The Labute approximate surface area is 120 Å². The van der Waals surface area contributed by atoms with Crippen LogP contribution in [0.25, 0.3) is 0 Å². The van der Waals surface area contributed by atoms with Gasteiger partial charge in [0.15, 0.2) is 5.82 Å². The van der Waals surface area contributed by atoms with Crippen molar-refractivity contribution >= 4 is 17.4 Å². The molecule has 0 saturated carbocycles. The van der Waals surface area contributed by atoms with Gasteiger partial charge in [0, 0.05) is 18.0 Å². The second-order valence-corrected chi connectivity index (χ2v) is 6.13. The van der Waals surface area contributed by atoms with Gasteiger partial charge in [-0.15, -0.1) is 11.6 Å². The van der Waals surface area contributed by atoms with Gasteiger partial charge in [-0.25, -0.2) is 0 Å². The molecule has 2 rings (SSSR count). The summed E-state index contributed by atoms with van der Waals surface area (Å²) in [4.78, 5) is 11.1. The van der Waals surface area contributed by atoms with Crippen LogP contribution < -0.4 is 9.64 Å². The first-order chi connectivity index (χ1) is 9.06. The summed E-state index contributed by atoms with van der Waals surface area (Å²) in [6.45, 7) is 7.04. The maximum absolute atomic E-state index is 6.12. The van der Waals surface area contributed by atoms with Crippen LogP contribution in [0.1, 0.15) is 40.0 Å². The van der Waals surface area contributed by atoms with E-state index in [-0.39, 0.29) is 11.5 Å². The van der Waals surface area contributed by atoms with Crippen LogP contribution in [0.15, 0.2) is 12.4 Å². The maximum atomic E-state index is 6.12. The quantitative estimate of drug-likeness (QED) is 0.778. The first-order valence-corrected chi connectivity index (χ1v) is 7.39. The van der Waals surface area contributed by atoms with E-state index in [0.29, 0.717) is 11.9 Å². The van der Waals surface area contributed by atoms with Crippen LogP contribution in [0.3, 0.4) is 0 Å². The average molecular weight is 284 g/mol. The van der Waals surface area contributed by atoms with Crippen molar-refractivity contribution in [2.75, 3.05) is 11.4 Å². The fourth-order valence-electron chi connectivity index (χ4n) is 2.53. The molecule has 1 aromatic heterocycles. The van der Waals surface area contributed by atoms with Gasteiger partial charge < -0.3 is 9.64 Å². The lowest BCUT2D eigenvalue weighted by Gasteiger charge is -2.26. The van der Waals surface area contributed by atoms with Crippen LogP contribution in [-0.4, -0.2) is 34.0 Å². The van der Waals surface area contributed by atoms with E-state index in [9.17, 15) is 0 Å². The summed E-state index contributed by atoms with van der Waals surface area (Å²) in [5, 5.41) is 0.189. The van der Waals surface area contributed by atoms with Gasteiger partial charge in [-0.3, -0.25) is 4.98 Å². The second kappa shape index (κ2) is 6.42. The van der Waals surface area contributed by atoms with Gasteiger partial charge in [-0.1, -0.05) is 0 Å². The van der Waals surface area contributed by atoms with Crippen LogP contribution in [0.2, 0.25) is 0 Å². The number of rotatable bonds is 5. The smallest absolute Gasteiger partial charge is 0.234 e. The number of hydrogen-bond donors (Lipinski definition) is 0. The lowest BCUT2D eigenvalue weighted by atomic mass is 10.1. The lowest BCUT2D eigenvalue weighted by molar-refractivity contribution is 0.231. The molecule has 0 amide bonds. The molecule has 106 valence electrons. The van der Waals surface area contributed by atoms with E-state index in [2.05, 4.69) is 14.9 Å². The molecule has 4 nitrogen and oxygen atoms in total. The third-order valence-corrected chi connectivity index (χ3v) is 3.40. The Hall–Kier alpha value is -1.03. The molecule has 19 heavy (non-hydrogen) atoms. The van der Waals surface area contributed by atoms with E-state index in [1.165, 1.54) is 12.8 Å². The number of ether oxygens (including phenoxy) is 1. The second-order valence-electron chi connectivity index (χ2n) is 5.39. The molecule has 0 spiro atoms. The Morgan fingerprint density at radius 3 is 2.89 bits per heavy atom. The summed E-state index contributed by atoms with van der Waals surface area (Å²) in [7, 11) is 0. The number of halogens is 1. The summed E-state index contributed by atoms with van der Waals surface area (Å²) < 4.78 is 5.60. The zero-order chi connectivity index (χ0) is 13.8. The standard InChI is InChI=1S/C14H22ClN3O/c1-10(2)19-14-9-16-8-13(17-14)18-6-4-5-12(18)7-11(3)15/h8-12H,4-7H2,1-3H3. The zero-order valence-corrected chi connectivity index (χ0v) is 12.6. The van der Waals surface area contributed by atoms with Gasteiger partial charge >= 0.3 is 0 Å². The number of aromatic nitrogens is 2. The maximum Gasteiger partial charge on any atom is 0.234 e. The number of anilines is 1. The molecule has 5 heteroatoms. The molecule has 1 aliphatic heterocycles. The van der Waals surface area contributed by atoms with Gasteiger partial charge in [-0.05, 0) is 40.0 Å². The average Bonchev–Trinajstić information content (AvgIpc) is 2.75. The van der Waals surface area contributed by atoms with Crippen molar-refractivity contribution in [3.8, 4) is 5.88 Å². The van der Waals surface area contributed by atoms with Crippen molar-refractivity contribution in [1.82, 2.24) is 9.97 Å². The molecule has 1 aliphatic rings. The van der Waals surface area contributed by atoms with Crippen molar-refractivity contribution in [2.24, 2.45) is 0 Å². The molecule has 0 aromatic carbocycles. The van der Waals surface area contributed by atoms with E-state index in [4.69, 9.17) is 16.3 Å². The summed E-state index contributed by atoms with van der Waals surface area (Å²) in [6.07, 6.45) is 6.93. The first kappa shape index (κ1) is 14.4. The van der Waals surface area contributed by atoms with Gasteiger partial charge in [0.2, 0.25) is 5.88 Å². The SMILES string of the molecule is CC(Cl)CC1CCCN1c1cncc(OC(C)C)n1. The fourth-order valence-corrected chi connectivity index (χ4v) is 2.74. The zero-order valence-electron chi connectivity index (χ0n) is 11.8. The molecule has 0 radical (unpaired) electrons. The van der Waals surface area contributed by atoms with Crippen molar-refractivity contribution in [3.05, 3.63) is 12.4 Å². The van der Waals surface area contributed by atoms with Crippen molar-refractivity contribution in [2.45, 2.75) is 57.6 Å². The minimum atomic E-state index is 0.113. The van der Waals surface area contributed by atoms with Crippen LogP contribution in [-0.2, 0) is 0 Å². The van der Waals surface area contributed by atoms with Crippen LogP contribution >= 0.6 is 11.6 Å². The van der Waals surface area contributed by atoms with Crippen molar-refractivity contribution < 1.29 is 4.74 Å². The predicted octanol–water partition coefficient (Wildman–Crippen LogP) is 3.25. The first-order valence-electron chi connectivity index (χ1n) is 6.95. The summed E-state index contributed by atoms with van der Waals surface area (Å²) in [5.74, 6) is 1.50. The highest BCUT2D eigenvalue weighted by Gasteiger charge is 2.27. The Kier molecular flexibility index (Phi) is 4.86. The van der Waals surface area contributed by atoms with Crippen LogP contribution in [0.4, 0.5) is 5.82 Å². The van der Waals surface area contributed by atoms with Gasteiger partial charge in [0.1, 0.15) is 0 Å². The molecule has 0 N–H and O–H groups in total. The summed E-state index contributed by atoms with van der Waals surface area (Å²) in [6, 6.07) is 0.469. The Bertz CT molecular complexity index is 411. The van der Waals surface area contributed by atoms with Crippen LogP contribution in [0, 0.1) is 0 Å². The van der Waals surface area contributed by atoms with Gasteiger partial charge in [-0.2, -0.15) is 4.98 Å². The molecule has 0 bridgehead atoms. The third kappa shape index (κ3) is 3.96. The minimum absolute atomic E-state index is 0.113. The molecular weight excluding hydrogens is 262 g/mol. The van der Waals surface area contributed by atoms with E-state index in [1.807, 2.05) is 27.0 Å². The largest absolute Gasteiger partial charge is 0.474 e. The molecule has 2 heterocycles. The molecule has 1 saturated heterocycles. The molecule has 2 unspecified atom stereocenters. The van der Waals surface area contributed by atoms with Crippen LogP contribution in [0.5, 0.6) is 5.88 Å². The highest BCUT2D eigenvalue weighted by Crippen LogP contribution is 2.28. The Morgan fingerprint density at radius 2 is 2.21 bits per heavy atom. The van der Waals surface area contributed by atoms with Gasteiger partial charge in [0.25, 0.3) is 0 Å². The van der Waals surface area contributed by atoms with E-state index in [1.54, 1.807) is 6.20 Å². The normalized spacial score (nSPS) is 20.9. The van der Waals surface area contributed by atoms with E-state index < -0.39 is 0 Å². The predicted molar refractivity (Wildman–Crippen MR) is 78.1 cm³/mol. The minimum Gasteiger partial charge on any atom is -0.474 e. The van der Waals surface area contributed by atoms with Crippen molar-refractivity contribution in [3.63, 3.8) is 0 Å². The third-order valence-electron chi connectivity index (χ3n) is 3.22. The van der Waals surface area contributed by atoms with E-state index in [0.717, 1.165) is 18.8 Å². The molecule has 1 aromatic rings. The number of nitrogens with zero attached hydrogens (tertiary/aromatic N) is 3. The molecule has 1 fully saturated rings. The Morgan fingerprint density at radius 1 is 1.42 bits per heavy atom. The Balaban J connectivity index is 2.11. The topological polar surface area (TPSA) is 38.2 Å². The van der Waals surface area contributed by atoms with Gasteiger partial charge in [0.05, 0.1) is 18.5 Å². The highest BCUT2D eigenvalue weighted by atomic mass is 35.5. The molecule has 0 aliphatic carbocycles. The van der Waals surface area contributed by atoms with Crippen molar-refractivity contribution in [1.29, 1.82) is 0 Å². The highest BCUT2D eigenvalue weighted by molar-refractivity contribution is 6.20.